The molecule has 0 radical (unpaired) electrons. The van der Waals surface area contributed by atoms with Crippen molar-refractivity contribution in [2.75, 3.05) is 0 Å². The van der Waals surface area contributed by atoms with Crippen molar-refractivity contribution in [1.29, 1.82) is 0 Å². The smallest absolute Gasteiger partial charge is 0.144 e. The zero-order chi connectivity index (χ0) is 20.4. The van der Waals surface area contributed by atoms with Crippen LogP contribution < -0.4 is 0 Å². The molecule has 5 rings (SSSR count). The molecular weight excluding hydrogens is 372 g/mol. The first kappa shape index (κ1) is 18.5. The average Bonchev–Trinajstić information content (AvgIpc) is 3.28. The molecule has 3 aromatic heterocycles. The third-order valence-corrected chi connectivity index (χ3v) is 7.58. The van der Waals surface area contributed by atoms with Crippen LogP contribution in [0.1, 0.15) is 26.3 Å². The molecular formula is C24H23B2NOS. The zero-order valence-corrected chi connectivity index (χ0v) is 18.4. The molecule has 0 spiro atoms. The number of pyridine rings is 1. The van der Waals surface area contributed by atoms with Gasteiger partial charge in [0, 0.05) is 27.2 Å². The number of hydrogen-bond acceptors (Lipinski definition) is 3. The Morgan fingerprint density at radius 2 is 1.79 bits per heavy atom. The van der Waals surface area contributed by atoms with E-state index in [-0.39, 0.29) is 10.6 Å². The zero-order valence-electron chi connectivity index (χ0n) is 17.5. The molecule has 0 N–H and O–H groups in total. The van der Waals surface area contributed by atoms with Gasteiger partial charge in [-0.3, -0.25) is 4.98 Å². The second-order valence-corrected chi connectivity index (χ2v) is 10.3. The second-order valence-electron chi connectivity index (χ2n) is 9.40. The van der Waals surface area contributed by atoms with Crippen molar-refractivity contribution in [3.63, 3.8) is 0 Å². The lowest BCUT2D eigenvalue weighted by molar-refractivity contribution is 0.358. The SMILES string of the molecule is BC(B)(c1ccnc(-c2cccc3c2oc2cc4ccsc4cc23)c1)C(C)(C)C. The average molecular weight is 395 g/mol. The summed E-state index contributed by atoms with van der Waals surface area (Å²) >= 11 is 1.77. The first-order chi connectivity index (χ1) is 13.8. The molecule has 0 amide bonds. The van der Waals surface area contributed by atoms with Crippen molar-refractivity contribution >= 4 is 59.1 Å². The summed E-state index contributed by atoms with van der Waals surface area (Å²) in [5.74, 6) is 0. The molecule has 5 heteroatoms. The lowest BCUT2D eigenvalue weighted by Crippen LogP contribution is -2.41. The van der Waals surface area contributed by atoms with Gasteiger partial charge in [0.25, 0.3) is 0 Å². The van der Waals surface area contributed by atoms with E-state index in [2.05, 4.69) is 90.4 Å². The quantitative estimate of drug-likeness (QED) is 0.378. The Morgan fingerprint density at radius 1 is 0.966 bits per heavy atom. The monoisotopic (exact) mass is 395 g/mol. The van der Waals surface area contributed by atoms with E-state index in [1.165, 1.54) is 21.0 Å². The third kappa shape index (κ3) is 2.83. The number of thiophene rings is 1. The van der Waals surface area contributed by atoms with Crippen LogP contribution in [0.15, 0.2) is 64.5 Å². The Labute approximate surface area is 176 Å². The van der Waals surface area contributed by atoms with Crippen molar-refractivity contribution in [2.24, 2.45) is 5.41 Å². The van der Waals surface area contributed by atoms with Gasteiger partial charge in [0.15, 0.2) is 0 Å². The fourth-order valence-electron chi connectivity index (χ4n) is 3.85. The van der Waals surface area contributed by atoms with E-state index >= 15 is 0 Å². The molecule has 0 bridgehead atoms. The van der Waals surface area contributed by atoms with Crippen LogP contribution in [0.25, 0.3) is 43.3 Å². The van der Waals surface area contributed by atoms with Gasteiger partial charge in [-0.2, -0.15) is 0 Å². The highest BCUT2D eigenvalue weighted by Crippen LogP contribution is 2.40. The highest BCUT2D eigenvalue weighted by atomic mass is 32.1. The number of para-hydroxylation sites is 1. The molecule has 5 aromatic rings. The molecule has 0 unspecified atom stereocenters. The van der Waals surface area contributed by atoms with Crippen LogP contribution >= 0.6 is 11.3 Å². The summed E-state index contributed by atoms with van der Waals surface area (Å²) in [6.45, 7) is 6.87. The Hall–Kier alpha value is -2.52. The van der Waals surface area contributed by atoms with Gasteiger partial charge in [-0.05, 0) is 52.6 Å². The van der Waals surface area contributed by atoms with Crippen LogP contribution in [-0.4, -0.2) is 20.7 Å². The van der Waals surface area contributed by atoms with Crippen LogP contribution in [0, 0.1) is 5.41 Å². The highest BCUT2D eigenvalue weighted by molar-refractivity contribution is 7.17. The summed E-state index contributed by atoms with van der Waals surface area (Å²) in [5, 5.41) is 5.70. The maximum atomic E-state index is 6.37. The van der Waals surface area contributed by atoms with Gasteiger partial charge in [0.05, 0.1) is 5.69 Å². The van der Waals surface area contributed by atoms with Crippen molar-refractivity contribution in [3.8, 4) is 11.3 Å². The standard InChI is InChI=1S/C24H23B2NOS/c1-23(2,3)24(25,26)15-7-9-27-19(12-15)17-6-4-5-16-18-13-21-14(8-10-29-21)11-20(18)28-22(16)17/h4-13H,25-26H2,1-3H3. The van der Waals surface area contributed by atoms with E-state index in [0.29, 0.717) is 0 Å². The molecule has 29 heavy (non-hydrogen) atoms. The van der Waals surface area contributed by atoms with Crippen LogP contribution in [-0.2, 0) is 5.21 Å². The molecule has 0 saturated heterocycles. The number of nitrogens with zero attached hydrogens (tertiary/aromatic N) is 1. The van der Waals surface area contributed by atoms with Crippen LogP contribution in [0.3, 0.4) is 0 Å². The fraction of sp³-hybridized carbons (Fsp3) is 0.208. The van der Waals surface area contributed by atoms with E-state index in [0.717, 1.165) is 27.8 Å². The van der Waals surface area contributed by atoms with E-state index in [9.17, 15) is 0 Å². The van der Waals surface area contributed by atoms with E-state index in [1.807, 2.05) is 6.20 Å². The van der Waals surface area contributed by atoms with Gasteiger partial charge in [-0.25, -0.2) is 0 Å². The van der Waals surface area contributed by atoms with E-state index in [1.54, 1.807) is 11.3 Å². The molecule has 0 fully saturated rings. The minimum atomic E-state index is 0.0246. The van der Waals surface area contributed by atoms with Crippen molar-refractivity contribution in [2.45, 2.75) is 26.0 Å². The summed E-state index contributed by atoms with van der Waals surface area (Å²) in [6, 6.07) is 17.3. The number of fused-ring (bicyclic) bond motifs is 4. The van der Waals surface area contributed by atoms with Gasteiger partial charge in [-0.15, -0.1) is 11.3 Å². The molecule has 0 aliphatic heterocycles. The van der Waals surface area contributed by atoms with Crippen molar-refractivity contribution in [3.05, 3.63) is 65.7 Å². The van der Waals surface area contributed by atoms with Crippen LogP contribution in [0.4, 0.5) is 0 Å². The second kappa shape index (κ2) is 6.24. The lowest BCUT2D eigenvalue weighted by Gasteiger charge is -2.40. The summed E-state index contributed by atoms with van der Waals surface area (Å²) < 4.78 is 7.66. The number of furan rings is 1. The number of hydrogen-bond donors (Lipinski definition) is 0. The van der Waals surface area contributed by atoms with Crippen molar-refractivity contribution < 1.29 is 4.42 Å². The van der Waals surface area contributed by atoms with Gasteiger partial charge in [0.2, 0.25) is 0 Å². The van der Waals surface area contributed by atoms with Crippen LogP contribution in [0.5, 0.6) is 0 Å². The Kier molecular flexibility index (Phi) is 3.98. The Bertz CT molecular complexity index is 1370. The summed E-state index contributed by atoms with van der Waals surface area (Å²) in [6.07, 6.45) is 1.93. The lowest BCUT2D eigenvalue weighted by atomic mass is 9.41. The highest BCUT2D eigenvalue weighted by Gasteiger charge is 2.34. The predicted molar refractivity (Wildman–Crippen MR) is 131 cm³/mol. The van der Waals surface area contributed by atoms with Gasteiger partial charge < -0.3 is 4.42 Å². The summed E-state index contributed by atoms with van der Waals surface area (Å²) in [7, 11) is 4.61. The van der Waals surface area contributed by atoms with Gasteiger partial charge in [0.1, 0.15) is 26.9 Å². The maximum absolute atomic E-state index is 6.37. The molecule has 0 aliphatic carbocycles. The van der Waals surface area contributed by atoms with E-state index < -0.39 is 0 Å². The molecule has 3 heterocycles. The molecule has 2 nitrogen and oxygen atoms in total. The largest absolute Gasteiger partial charge is 0.455 e. The minimum absolute atomic E-state index is 0.0246. The first-order valence-electron chi connectivity index (χ1n) is 10.0. The van der Waals surface area contributed by atoms with Gasteiger partial charge in [-0.1, -0.05) is 43.7 Å². The minimum Gasteiger partial charge on any atom is -0.455 e. The Balaban J connectivity index is 1.73. The molecule has 2 aromatic carbocycles. The number of rotatable bonds is 2. The van der Waals surface area contributed by atoms with Gasteiger partial charge >= 0.3 is 0 Å². The summed E-state index contributed by atoms with van der Waals surface area (Å²) in [4.78, 5) is 4.71. The maximum Gasteiger partial charge on any atom is 0.144 e. The predicted octanol–water partition coefficient (Wildman–Crippen LogP) is 5.33. The van der Waals surface area contributed by atoms with E-state index in [4.69, 9.17) is 9.40 Å². The topological polar surface area (TPSA) is 26.0 Å². The molecule has 0 saturated carbocycles. The fourth-order valence-corrected chi connectivity index (χ4v) is 4.66. The molecule has 0 aliphatic rings. The normalized spacial score (nSPS) is 12.9. The Morgan fingerprint density at radius 3 is 2.59 bits per heavy atom. The molecule has 142 valence electrons. The summed E-state index contributed by atoms with van der Waals surface area (Å²) in [5.41, 5.74) is 5.30. The first-order valence-corrected chi connectivity index (χ1v) is 10.9. The molecule has 0 atom stereocenters. The van der Waals surface area contributed by atoms with Crippen LogP contribution in [0.2, 0.25) is 0 Å². The number of aromatic nitrogens is 1. The number of benzene rings is 2. The third-order valence-electron chi connectivity index (χ3n) is 6.70. The van der Waals surface area contributed by atoms with Crippen molar-refractivity contribution in [1.82, 2.24) is 4.98 Å².